The number of nitrogens with two attached hydrogens (primary N) is 1. The van der Waals surface area contributed by atoms with E-state index in [-0.39, 0.29) is 42.6 Å². The topological polar surface area (TPSA) is 203 Å². The molecule has 0 aliphatic rings. The van der Waals surface area contributed by atoms with Crippen LogP contribution in [0.5, 0.6) is 5.88 Å². The second kappa shape index (κ2) is 25.2. The zero-order valence-corrected chi connectivity index (χ0v) is 30.3. The van der Waals surface area contributed by atoms with Crippen molar-refractivity contribution in [2.45, 2.75) is 59.9 Å². The summed E-state index contributed by atoms with van der Waals surface area (Å²) in [5, 5.41) is 44.5. The third-order valence-electron chi connectivity index (χ3n) is 5.25. The molecule has 13 nitrogen and oxygen atoms in total. The molecule has 2 aromatic rings. The lowest BCUT2D eigenvalue weighted by atomic mass is 10.2. The first-order chi connectivity index (χ1) is 21.3. The van der Waals surface area contributed by atoms with E-state index in [4.69, 9.17) is 94.0 Å². The summed E-state index contributed by atoms with van der Waals surface area (Å²) in [4.78, 5) is 32.0. The Hall–Kier alpha value is -1.91. The molecule has 0 fully saturated rings. The molecular formula is C28H44Cl5N5O8. The summed E-state index contributed by atoms with van der Waals surface area (Å²) in [6, 6.07) is 2.62. The van der Waals surface area contributed by atoms with E-state index in [1.165, 1.54) is 31.8 Å². The van der Waals surface area contributed by atoms with Gasteiger partial charge in [-0.1, -0.05) is 78.8 Å². The maximum absolute atomic E-state index is 10.5. The average Bonchev–Trinajstić information content (AvgIpc) is 2.92. The number of hydrogen-bond donors (Lipinski definition) is 6. The number of aliphatic hydroxyl groups is 3. The predicted octanol–water partition coefficient (Wildman–Crippen LogP) is 4.95. The molecule has 0 saturated carbocycles. The van der Waals surface area contributed by atoms with E-state index in [9.17, 15) is 9.59 Å². The van der Waals surface area contributed by atoms with Crippen LogP contribution >= 0.6 is 58.0 Å². The minimum atomic E-state index is -1.26. The van der Waals surface area contributed by atoms with Gasteiger partial charge in [0.1, 0.15) is 10.2 Å². The number of ether oxygens (including phenoxy) is 1. The van der Waals surface area contributed by atoms with Gasteiger partial charge in [-0.25, -0.2) is 14.6 Å². The summed E-state index contributed by atoms with van der Waals surface area (Å²) >= 11 is 27.8. The van der Waals surface area contributed by atoms with Crippen molar-refractivity contribution in [2.24, 2.45) is 0 Å². The van der Waals surface area contributed by atoms with Crippen molar-refractivity contribution in [2.75, 3.05) is 51.6 Å². The van der Waals surface area contributed by atoms with Crippen LogP contribution in [0.15, 0.2) is 12.1 Å². The van der Waals surface area contributed by atoms with E-state index in [1.807, 2.05) is 4.90 Å². The molecule has 0 bridgehead atoms. The summed E-state index contributed by atoms with van der Waals surface area (Å²) in [6.07, 6.45) is -1.30. The molecule has 264 valence electrons. The first-order valence-corrected chi connectivity index (χ1v) is 15.9. The van der Waals surface area contributed by atoms with Crippen molar-refractivity contribution in [3.05, 3.63) is 43.2 Å². The Kier molecular flexibility index (Phi) is 25.3. The van der Waals surface area contributed by atoms with Crippen LogP contribution in [-0.2, 0) is 4.79 Å². The number of carboxylic acids is 2. The molecule has 2 heterocycles. The Labute approximate surface area is 294 Å². The van der Waals surface area contributed by atoms with Crippen LogP contribution in [0.4, 0.5) is 5.69 Å². The van der Waals surface area contributed by atoms with Crippen LogP contribution in [0.3, 0.4) is 0 Å². The lowest BCUT2D eigenvalue weighted by Gasteiger charge is -2.25. The Morgan fingerprint density at radius 2 is 1.26 bits per heavy atom. The molecule has 2 aromatic heterocycles. The maximum atomic E-state index is 10.5. The third kappa shape index (κ3) is 21.8. The highest BCUT2D eigenvalue weighted by Crippen LogP contribution is 2.30. The second-order valence-electron chi connectivity index (χ2n) is 9.62. The molecule has 3 unspecified atom stereocenters. The number of halogens is 5. The first kappa shape index (κ1) is 46.2. The number of rotatable bonds is 13. The van der Waals surface area contributed by atoms with Gasteiger partial charge in [-0.05, 0) is 52.5 Å². The molecule has 0 amide bonds. The molecule has 2 rings (SSSR count). The highest BCUT2D eigenvalue weighted by Gasteiger charge is 2.15. The first-order valence-electron chi connectivity index (χ1n) is 14.0. The van der Waals surface area contributed by atoms with Gasteiger partial charge >= 0.3 is 11.9 Å². The van der Waals surface area contributed by atoms with Crippen molar-refractivity contribution in [1.29, 1.82) is 0 Å². The van der Waals surface area contributed by atoms with E-state index in [1.54, 1.807) is 20.8 Å². The largest absolute Gasteiger partial charge is 0.479 e. The van der Waals surface area contributed by atoms with E-state index >= 15 is 0 Å². The highest BCUT2D eigenvalue weighted by atomic mass is 35.5. The van der Waals surface area contributed by atoms with Crippen LogP contribution < -0.4 is 10.5 Å². The van der Waals surface area contributed by atoms with Crippen molar-refractivity contribution >= 4 is 75.6 Å². The molecule has 0 aromatic carbocycles. The second-order valence-corrected chi connectivity index (χ2v) is 11.6. The Morgan fingerprint density at radius 3 is 1.61 bits per heavy atom. The molecule has 0 aliphatic heterocycles. The average molecular weight is 756 g/mol. The van der Waals surface area contributed by atoms with E-state index in [2.05, 4.69) is 35.6 Å². The standard InChI is InChI=1S/C9H21NO3.C7H4Cl3NO3.C6H4Cl2N2O2.C6H15N/c1-7(11)4-10(5-8(2)12)6-9(3)13;8-3-1-4(9)7(11-6(3)10)14-2-5(12)13;7-3-1-2(9)4(8)5(10-3)6(11)12;1-4-7(5-2)6-3/h7-9,11-13H,4-6H2,1-3H3;1H,2H2,(H,12,13);1H,(H2,9,10)(H,11,12);4-6H2,1-3H3. The minimum Gasteiger partial charge on any atom is -0.479 e. The molecule has 0 spiro atoms. The lowest BCUT2D eigenvalue weighted by Crippen LogP contribution is -2.40. The molecule has 18 heteroatoms. The summed E-state index contributed by atoms with van der Waals surface area (Å²) < 4.78 is 4.75. The van der Waals surface area contributed by atoms with E-state index < -0.39 is 36.9 Å². The van der Waals surface area contributed by atoms with Gasteiger partial charge in [0.2, 0.25) is 5.88 Å². The Morgan fingerprint density at radius 1 is 0.804 bits per heavy atom. The van der Waals surface area contributed by atoms with Gasteiger partial charge in [0.05, 0.1) is 34.0 Å². The van der Waals surface area contributed by atoms with Crippen LogP contribution in [0.1, 0.15) is 52.0 Å². The van der Waals surface area contributed by atoms with Crippen LogP contribution in [0, 0.1) is 0 Å². The number of carbonyl (C=O) groups is 2. The van der Waals surface area contributed by atoms with E-state index in [0.717, 1.165) is 0 Å². The fourth-order valence-corrected chi connectivity index (χ4v) is 4.26. The number of anilines is 1. The smallest absolute Gasteiger partial charge is 0.356 e. The number of aromatic nitrogens is 2. The van der Waals surface area contributed by atoms with Crippen LogP contribution in [0.2, 0.25) is 25.4 Å². The fraction of sp³-hybridized carbons (Fsp3) is 0.571. The van der Waals surface area contributed by atoms with Crippen molar-refractivity contribution < 1.29 is 39.9 Å². The molecule has 0 aliphatic carbocycles. The summed E-state index contributed by atoms with van der Waals surface area (Å²) in [6.45, 7) is 16.1. The van der Waals surface area contributed by atoms with Gasteiger partial charge < -0.3 is 40.9 Å². The molecule has 0 radical (unpaired) electrons. The fourth-order valence-electron chi connectivity index (χ4n) is 3.33. The van der Waals surface area contributed by atoms with Crippen molar-refractivity contribution in [1.82, 2.24) is 19.8 Å². The lowest BCUT2D eigenvalue weighted by molar-refractivity contribution is -0.139. The number of pyridine rings is 2. The summed E-state index contributed by atoms with van der Waals surface area (Å²) in [7, 11) is 0. The molecular weight excluding hydrogens is 712 g/mol. The molecule has 0 saturated heterocycles. The van der Waals surface area contributed by atoms with Crippen LogP contribution in [0.25, 0.3) is 0 Å². The summed E-state index contributed by atoms with van der Waals surface area (Å²) in [5.74, 6) is -2.44. The minimum absolute atomic E-state index is 0.00861. The van der Waals surface area contributed by atoms with Gasteiger partial charge in [-0.3, -0.25) is 4.90 Å². The Bertz CT molecular complexity index is 1160. The zero-order valence-electron chi connectivity index (χ0n) is 26.6. The Balaban J connectivity index is 0. The number of hydrogen-bond acceptors (Lipinski definition) is 11. The van der Waals surface area contributed by atoms with Gasteiger partial charge in [0.15, 0.2) is 17.5 Å². The van der Waals surface area contributed by atoms with Crippen molar-refractivity contribution in [3.8, 4) is 5.88 Å². The van der Waals surface area contributed by atoms with Gasteiger partial charge in [0, 0.05) is 19.6 Å². The zero-order chi connectivity index (χ0) is 36.1. The number of nitrogens with zero attached hydrogens (tertiary/aromatic N) is 4. The van der Waals surface area contributed by atoms with Gasteiger partial charge in [0.25, 0.3) is 0 Å². The quantitative estimate of drug-likeness (QED) is 0.150. The van der Waals surface area contributed by atoms with E-state index in [0.29, 0.717) is 19.6 Å². The van der Waals surface area contributed by atoms with Gasteiger partial charge in [-0.15, -0.1) is 0 Å². The highest BCUT2D eigenvalue weighted by molar-refractivity contribution is 6.42. The molecule has 7 N–H and O–H groups in total. The predicted molar refractivity (Wildman–Crippen MR) is 183 cm³/mol. The number of aliphatic carboxylic acids is 1. The summed E-state index contributed by atoms with van der Waals surface area (Å²) in [5.41, 5.74) is 5.11. The molecule has 3 atom stereocenters. The number of nitrogen functional groups attached to an aromatic ring is 1. The normalized spacial score (nSPS) is 12.4. The molecule has 46 heavy (non-hydrogen) atoms. The SMILES string of the molecule is CC(O)CN(CC(C)O)CC(C)O.CCN(CC)CC.Nc1cc(Cl)nc(C(=O)O)c1Cl.O=C(O)COc1nc(Cl)c(Cl)cc1Cl. The van der Waals surface area contributed by atoms with Crippen molar-refractivity contribution in [3.63, 3.8) is 0 Å². The number of aromatic carboxylic acids is 1. The van der Waals surface area contributed by atoms with Crippen LogP contribution in [-0.4, -0.2) is 121 Å². The third-order valence-corrected chi connectivity index (χ3v) is 6.79. The number of aliphatic hydroxyl groups excluding tert-OH is 3. The number of carboxylic acid groups (broad SMARTS) is 2. The monoisotopic (exact) mass is 753 g/mol. The maximum Gasteiger partial charge on any atom is 0.356 e. The van der Waals surface area contributed by atoms with Gasteiger partial charge in [-0.2, -0.15) is 4.98 Å².